The molecule has 2 fully saturated rings. The fraction of sp³-hybridized carbons (Fsp3) is 0.559. The molecule has 0 radical (unpaired) electrons. The van der Waals surface area contributed by atoms with Crippen molar-refractivity contribution in [3.05, 3.63) is 71.8 Å². The van der Waals surface area contributed by atoms with Crippen LogP contribution < -0.4 is 5.32 Å². The molecular weight excluding hydrogens is 555 g/mol. The number of hydrogen-bond donors (Lipinski definition) is 1. The van der Waals surface area contributed by atoms with Crippen LogP contribution in [0.15, 0.2) is 60.7 Å². The second-order valence-corrected chi connectivity index (χ2v) is 12.1. The Balaban J connectivity index is 1.40. The fourth-order valence-electron chi connectivity index (χ4n) is 6.51. The van der Waals surface area contributed by atoms with Gasteiger partial charge in [0.15, 0.2) is 0 Å². The van der Waals surface area contributed by atoms with Crippen LogP contribution in [-0.4, -0.2) is 105 Å². The van der Waals surface area contributed by atoms with Gasteiger partial charge in [-0.05, 0) is 24.0 Å². The maximum absolute atomic E-state index is 14.0. The molecule has 0 aromatic heterocycles. The quantitative estimate of drug-likeness (QED) is 0.247. The number of nitrogens with zero attached hydrogens (tertiary/aromatic N) is 3. The third kappa shape index (κ3) is 10.7. The molecule has 3 atom stereocenters. The number of esters is 1. The number of piperazine rings is 1. The summed E-state index contributed by atoms with van der Waals surface area (Å²) in [4.78, 5) is 46.0. The van der Waals surface area contributed by atoms with Crippen LogP contribution in [0.5, 0.6) is 0 Å². The molecule has 1 aliphatic carbocycles. The summed E-state index contributed by atoms with van der Waals surface area (Å²) in [6.07, 6.45) is 6.19. The number of benzene rings is 2. The monoisotopic (exact) mass is 602 g/mol. The summed E-state index contributed by atoms with van der Waals surface area (Å²) < 4.78 is 15.8. The van der Waals surface area contributed by atoms with Crippen molar-refractivity contribution in [1.29, 1.82) is 0 Å². The van der Waals surface area contributed by atoms with E-state index in [-0.39, 0.29) is 36.7 Å². The van der Waals surface area contributed by atoms with E-state index in [1.807, 2.05) is 60.7 Å². The number of carbonyl (C=O) groups is 3. The van der Waals surface area contributed by atoms with Crippen molar-refractivity contribution >= 4 is 24.9 Å². The molecule has 44 heavy (non-hydrogen) atoms. The van der Waals surface area contributed by atoms with Gasteiger partial charge in [0.2, 0.25) is 0 Å². The summed E-state index contributed by atoms with van der Waals surface area (Å²) in [7, 11) is 2.32. The molecule has 0 bridgehead atoms. The van der Waals surface area contributed by atoms with Crippen molar-refractivity contribution < 1.29 is 23.8 Å². The van der Waals surface area contributed by atoms with Gasteiger partial charge in [0.05, 0.1) is 13.5 Å². The van der Waals surface area contributed by atoms with Crippen LogP contribution in [0.25, 0.3) is 0 Å². The Labute approximate surface area is 262 Å². The predicted octanol–water partition coefficient (Wildman–Crippen LogP) is 2.92. The Hall–Kier alpha value is -3.37. The van der Waals surface area contributed by atoms with E-state index < -0.39 is 6.04 Å². The average molecular weight is 603 g/mol. The maximum atomic E-state index is 14.0. The number of nitrogens with one attached hydrogen (secondary N) is 1. The van der Waals surface area contributed by atoms with Gasteiger partial charge in [-0.25, -0.2) is 0 Å². The second kappa shape index (κ2) is 17.8. The zero-order valence-electron chi connectivity index (χ0n) is 26.1. The normalized spacial score (nSPS) is 19.8. The molecule has 9 nitrogen and oxygen atoms in total. The number of ether oxygens (including phenoxy) is 1. The van der Waals surface area contributed by atoms with Crippen LogP contribution in [0.2, 0.25) is 0 Å². The van der Waals surface area contributed by atoms with Crippen LogP contribution in [0.1, 0.15) is 49.7 Å². The molecule has 1 heterocycles. The first-order chi connectivity index (χ1) is 21.4. The molecule has 1 saturated heterocycles. The molecular formula is C34H47BN4O5. The van der Waals surface area contributed by atoms with Gasteiger partial charge in [-0.3, -0.25) is 9.59 Å². The number of hydrogen-bond acceptors (Lipinski definition) is 7. The molecule has 2 aromatic carbocycles. The standard InChI is InChI=1S/C34H47BN4O5/c1-44-33(41)24-30(16-15-27-9-4-2-5-10-27)36-32(40)25-39(18-17-28-11-6-3-7-12-28)34(42)29-13-8-14-31(23-29)38-21-19-37(20-22-38)26-35-43/h2-7,9-12,29-31H,8,13-26H2,1H3,(H,36,40)/t29?,30-,31?/m1/s1. The number of carbonyl (C=O) groups excluding carboxylic acids is 3. The Kier molecular flexibility index (Phi) is 13.6. The van der Waals surface area contributed by atoms with Crippen LogP contribution >= 0.6 is 0 Å². The summed E-state index contributed by atoms with van der Waals surface area (Å²) >= 11 is 0. The van der Waals surface area contributed by atoms with E-state index in [9.17, 15) is 19.1 Å². The van der Waals surface area contributed by atoms with Crippen molar-refractivity contribution in [2.24, 2.45) is 5.92 Å². The van der Waals surface area contributed by atoms with Crippen molar-refractivity contribution in [2.75, 3.05) is 52.8 Å². The Bertz CT molecular complexity index is 1190. The Morgan fingerprint density at radius 3 is 2.25 bits per heavy atom. The topological polar surface area (TPSA) is 99.3 Å². The Morgan fingerprint density at radius 1 is 0.955 bits per heavy atom. The first kappa shape index (κ1) is 33.5. The molecule has 4 rings (SSSR count). The van der Waals surface area contributed by atoms with E-state index in [2.05, 4.69) is 15.1 Å². The molecule has 1 aliphatic heterocycles. The van der Waals surface area contributed by atoms with E-state index in [1.54, 1.807) is 4.90 Å². The van der Waals surface area contributed by atoms with E-state index in [0.717, 1.165) is 70.1 Å². The van der Waals surface area contributed by atoms with Crippen LogP contribution in [0, 0.1) is 5.92 Å². The van der Waals surface area contributed by atoms with Gasteiger partial charge in [-0.2, -0.15) is 0 Å². The number of rotatable bonds is 15. The predicted molar refractivity (Wildman–Crippen MR) is 170 cm³/mol. The molecule has 2 aromatic rings. The summed E-state index contributed by atoms with van der Waals surface area (Å²) in [5, 5.41) is 3.04. The van der Waals surface area contributed by atoms with E-state index in [1.165, 1.54) is 7.11 Å². The van der Waals surface area contributed by atoms with Gasteiger partial charge < -0.3 is 10.1 Å². The minimum atomic E-state index is -0.391. The second-order valence-electron chi connectivity index (χ2n) is 12.1. The zero-order chi connectivity index (χ0) is 31.1. The third-order valence-electron chi connectivity index (χ3n) is 9.04. The molecule has 1 N–H and O–H groups in total. The van der Waals surface area contributed by atoms with Gasteiger partial charge in [0, 0.05) is 6.04 Å². The minimum absolute atomic E-state index is 0.0363. The number of amides is 2. The molecule has 10 heteroatoms. The summed E-state index contributed by atoms with van der Waals surface area (Å²) in [6, 6.07) is 19.9. The molecule has 2 unspecified atom stereocenters. The molecule has 2 amide bonds. The first-order valence-corrected chi connectivity index (χ1v) is 16.1. The molecule has 1 saturated carbocycles. The third-order valence-corrected chi connectivity index (χ3v) is 9.04. The zero-order valence-corrected chi connectivity index (χ0v) is 26.1. The Morgan fingerprint density at radius 2 is 1.61 bits per heavy atom. The fourth-order valence-corrected chi connectivity index (χ4v) is 6.51. The van der Waals surface area contributed by atoms with Crippen LogP contribution in [0.4, 0.5) is 0 Å². The van der Waals surface area contributed by atoms with Crippen molar-refractivity contribution in [1.82, 2.24) is 20.0 Å². The number of aryl methyl sites for hydroxylation is 1. The molecule has 236 valence electrons. The summed E-state index contributed by atoms with van der Waals surface area (Å²) in [5.41, 5.74) is 2.25. The molecule has 2 aliphatic rings. The van der Waals surface area contributed by atoms with Gasteiger partial charge in [-0.15, -0.1) is 0 Å². The van der Waals surface area contributed by atoms with Crippen molar-refractivity contribution in [3.63, 3.8) is 0 Å². The average Bonchev–Trinajstić information content (AvgIpc) is 3.06. The van der Waals surface area contributed by atoms with E-state index in [4.69, 9.17) is 4.74 Å². The number of methoxy groups -OCH3 is 1. The summed E-state index contributed by atoms with van der Waals surface area (Å²) in [6.45, 7) is 3.96. The van der Waals surface area contributed by atoms with E-state index >= 15 is 0 Å². The van der Waals surface area contributed by atoms with Crippen LogP contribution in [0.3, 0.4) is 0 Å². The van der Waals surface area contributed by atoms with E-state index in [0.29, 0.717) is 38.3 Å². The molecule has 0 spiro atoms. The SMILES string of the molecule is COC(=O)C[C@@H](CCc1ccccc1)NC(=O)CN(CCc1ccccc1)C(=O)C1CCCC(N2CCN(CB=O)CC2)C1. The van der Waals surface area contributed by atoms with Crippen molar-refractivity contribution in [2.45, 2.75) is 63.5 Å². The van der Waals surface area contributed by atoms with Gasteiger partial charge in [0.1, 0.15) is 0 Å². The first-order valence-electron chi connectivity index (χ1n) is 16.1. The van der Waals surface area contributed by atoms with Crippen molar-refractivity contribution in [3.8, 4) is 0 Å². The van der Waals surface area contributed by atoms with Gasteiger partial charge in [-0.1, -0.05) is 60.7 Å². The van der Waals surface area contributed by atoms with Gasteiger partial charge in [0.25, 0.3) is 0 Å². The van der Waals surface area contributed by atoms with Gasteiger partial charge >= 0.3 is 139 Å². The van der Waals surface area contributed by atoms with Crippen LogP contribution in [-0.2, 0) is 36.7 Å². The summed E-state index contributed by atoms with van der Waals surface area (Å²) in [5.74, 6) is -0.726.